The molecule has 1 aromatic rings. The molecular weight excluding hydrogens is 278 g/mol. The van der Waals surface area contributed by atoms with Gasteiger partial charge in [-0.3, -0.25) is 0 Å². The van der Waals surface area contributed by atoms with Crippen molar-refractivity contribution < 1.29 is 9.84 Å². The van der Waals surface area contributed by atoms with Gasteiger partial charge in [0.25, 0.3) is 0 Å². The van der Waals surface area contributed by atoms with Crippen molar-refractivity contribution in [1.29, 1.82) is 5.26 Å². The smallest absolute Gasteiger partial charge is 0.101 e. The third-order valence-corrected chi connectivity index (χ3v) is 4.66. The summed E-state index contributed by atoms with van der Waals surface area (Å²) in [7, 11) is 0. The van der Waals surface area contributed by atoms with Crippen LogP contribution in [0.3, 0.4) is 0 Å². The average Bonchev–Trinajstić information content (AvgIpc) is 2.76. The van der Waals surface area contributed by atoms with E-state index in [1.54, 1.807) is 0 Å². The van der Waals surface area contributed by atoms with Crippen molar-refractivity contribution in [2.45, 2.75) is 6.42 Å². The SMILES string of the molecule is N#Cc1ccccc1N1CCCN(CC2(CO)COC2)CC1. The lowest BCUT2D eigenvalue weighted by molar-refractivity contribution is -0.147. The first kappa shape index (κ1) is 15.3. The van der Waals surface area contributed by atoms with Crippen LogP contribution < -0.4 is 4.90 Å². The zero-order valence-corrected chi connectivity index (χ0v) is 12.9. The summed E-state index contributed by atoms with van der Waals surface area (Å²) in [5.41, 5.74) is 1.73. The van der Waals surface area contributed by atoms with E-state index in [4.69, 9.17) is 4.74 Å². The highest BCUT2D eigenvalue weighted by Gasteiger charge is 2.39. The molecule has 0 atom stereocenters. The molecule has 22 heavy (non-hydrogen) atoms. The number of aliphatic hydroxyl groups is 1. The summed E-state index contributed by atoms with van der Waals surface area (Å²) < 4.78 is 5.29. The molecule has 2 fully saturated rings. The third kappa shape index (κ3) is 3.09. The number of anilines is 1. The molecule has 0 unspecified atom stereocenters. The fourth-order valence-corrected chi connectivity index (χ4v) is 3.31. The Bertz CT molecular complexity index is 546. The van der Waals surface area contributed by atoms with Crippen LogP contribution in [-0.2, 0) is 4.74 Å². The molecule has 118 valence electrons. The molecule has 0 saturated carbocycles. The van der Waals surface area contributed by atoms with Gasteiger partial charge in [0.05, 0.1) is 36.5 Å². The Hall–Kier alpha value is -1.61. The molecule has 0 radical (unpaired) electrons. The number of benzene rings is 1. The standard InChI is InChI=1S/C17H23N3O2/c18-10-15-4-1-2-5-16(15)20-7-3-6-19(8-9-20)11-17(12-21)13-22-14-17/h1-2,4-5,21H,3,6-9,11-14H2. The van der Waals surface area contributed by atoms with E-state index >= 15 is 0 Å². The first-order chi connectivity index (χ1) is 10.8. The Morgan fingerprint density at radius 2 is 2.00 bits per heavy atom. The summed E-state index contributed by atoms with van der Waals surface area (Å²) in [6.45, 7) is 6.32. The van der Waals surface area contributed by atoms with E-state index in [2.05, 4.69) is 15.9 Å². The minimum absolute atomic E-state index is 0.0558. The van der Waals surface area contributed by atoms with E-state index in [0.29, 0.717) is 13.2 Å². The van der Waals surface area contributed by atoms with Crippen molar-refractivity contribution in [2.75, 3.05) is 57.4 Å². The predicted molar refractivity (Wildman–Crippen MR) is 84.8 cm³/mol. The van der Waals surface area contributed by atoms with E-state index in [0.717, 1.165) is 50.4 Å². The van der Waals surface area contributed by atoms with Gasteiger partial charge in [-0.15, -0.1) is 0 Å². The normalized spacial score (nSPS) is 21.7. The zero-order valence-electron chi connectivity index (χ0n) is 12.9. The molecule has 2 aliphatic rings. The topological polar surface area (TPSA) is 59.7 Å². The van der Waals surface area contributed by atoms with E-state index in [9.17, 15) is 10.4 Å². The highest BCUT2D eigenvalue weighted by Crippen LogP contribution is 2.29. The highest BCUT2D eigenvalue weighted by atomic mass is 16.5. The molecule has 2 aliphatic heterocycles. The molecule has 0 amide bonds. The van der Waals surface area contributed by atoms with Crippen molar-refractivity contribution in [3.05, 3.63) is 29.8 Å². The van der Waals surface area contributed by atoms with Crippen LogP contribution in [0.2, 0.25) is 0 Å². The largest absolute Gasteiger partial charge is 0.396 e. The Balaban J connectivity index is 1.64. The van der Waals surface area contributed by atoms with Crippen molar-refractivity contribution in [3.8, 4) is 6.07 Å². The second-order valence-corrected chi connectivity index (χ2v) is 6.40. The summed E-state index contributed by atoms with van der Waals surface area (Å²) in [6, 6.07) is 10.1. The molecule has 1 N–H and O–H groups in total. The molecule has 3 rings (SSSR count). The number of hydrogen-bond acceptors (Lipinski definition) is 5. The lowest BCUT2D eigenvalue weighted by atomic mass is 9.86. The van der Waals surface area contributed by atoms with Crippen LogP contribution in [0.1, 0.15) is 12.0 Å². The Morgan fingerprint density at radius 3 is 2.68 bits per heavy atom. The van der Waals surface area contributed by atoms with E-state index in [-0.39, 0.29) is 12.0 Å². The molecule has 2 heterocycles. The van der Waals surface area contributed by atoms with Crippen LogP contribution in [0.15, 0.2) is 24.3 Å². The van der Waals surface area contributed by atoms with Gasteiger partial charge >= 0.3 is 0 Å². The number of nitrogens with zero attached hydrogens (tertiary/aromatic N) is 3. The number of nitriles is 1. The van der Waals surface area contributed by atoms with E-state index in [1.807, 2.05) is 24.3 Å². The number of aliphatic hydroxyl groups excluding tert-OH is 1. The monoisotopic (exact) mass is 301 g/mol. The van der Waals surface area contributed by atoms with Crippen molar-refractivity contribution in [1.82, 2.24) is 4.90 Å². The van der Waals surface area contributed by atoms with Crippen molar-refractivity contribution >= 4 is 5.69 Å². The summed E-state index contributed by atoms with van der Waals surface area (Å²) in [6.07, 6.45) is 1.07. The number of hydrogen-bond donors (Lipinski definition) is 1. The quantitative estimate of drug-likeness (QED) is 0.902. The number of ether oxygens (including phenoxy) is 1. The lowest BCUT2D eigenvalue weighted by Crippen LogP contribution is -2.53. The molecule has 0 spiro atoms. The van der Waals surface area contributed by atoms with E-state index in [1.165, 1.54) is 0 Å². The molecule has 2 saturated heterocycles. The second kappa shape index (κ2) is 6.66. The highest BCUT2D eigenvalue weighted by molar-refractivity contribution is 5.59. The van der Waals surface area contributed by atoms with Crippen LogP contribution in [0, 0.1) is 16.7 Å². The fraction of sp³-hybridized carbons (Fsp3) is 0.588. The maximum Gasteiger partial charge on any atom is 0.101 e. The van der Waals surface area contributed by atoms with Crippen molar-refractivity contribution in [3.63, 3.8) is 0 Å². The maximum absolute atomic E-state index is 9.58. The average molecular weight is 301 g/mol. The fourth-order valence-electron chi connectivity index (χ4n) is 3.31. The van der Waals surface area contributed by atoms with Crippen LogP contribution in [0.25, 0.3) is 0 Å². The van der Waals surface area contributed by atoms with Crippen molar-refractivity contribution in [2.24, 2.45) is 5.41 Å². The molecule has 0 aromatic heterocycles. The first-order valence-corrected chi connectivity index (χ1v) is 7.91. The van der Waals surface area contributed by atoms with Gasteiger partial charge in [-0.2, -0.15) is 5.26 Å². The van der Waals surface area contributed by atoms with Crippen LogP contribution in [0.5, 0.6) is 0 Å². The molecule has 1 aromatic carbocycles. The van der Waals surface area contributed by atoms with Crippen LogP contribution in [-0.4, -0.2) is 62.6 Å². The summed E-state index contributed by atoms with van der Waals surface area (Å²) >= 11 is 0. The molecule has 0 aliphatic carbocycles. The second-order valence-electron chi connectivity index (χ2n) is 6.40. The maximum atomic E-state index is 9.58. The Morgan fingerprint density at radius 1 is 1.18 bits per heavy atom. The van der Waals surface area contributed by atoms with Gasteiger partial charge in [0.1, 0.15) is 6.07 Å². The van der Waals surface area contributed by atoms with Gasteiger partial charge in [-0.05, 0) is 25.1 Å². The van der Waals surface area contributed by atoms with Gasteiger partial charge < -0.3 is 19.6 Å². The zero-order chi connectivity index (χ0) is 15.4. The number of para-hydroxylation sites is 1. The first-order valence-electron chi connectivity index (χ1n) is 7.91. The van der Waals surface area contributed by atoms with Gasteiger partial charge in [0, 0.05) is 26.2 Å². The predicted octanol–water partition coefficient (Wildman–Crippen LogP) is 1.08. The lowest BCUT2D eigenvalue weighted by Gasteiger charge is -2.43. The van der Waals surface area contributed by atoms with Crippen LogP contribution in [0.4, 0.5) is 5.69 Å². The molecule has 5 heteroatoms. The molecular formula is C17H23N3O2. The van der Waals surface area contributed by atoms with Gasteiger partial charge in [0.2, 0.25) is 0 Å². The minimum atomic E-state index is -0.0558. The third-order valence-electron chi connectivity index (χ3n) is 4.66. The Labute approximate surface area is 131 Å². The van der Waals surface area contributed by atoms with E-state index < -0.39 is 0 Å². The minimum Gasteiger partial charge on any atom is -0.396 e. The van der Waals surface area contributed by atoms with Gasteiger partial charge in [0.15, 0.2) is 0 Å². The van der Waals surface area contributed by atoms with Gasteiger partial charge in [-0.1, -0.05) is 12.1 Å². The summed E-state index contributed by atoms with van der Waals surface area (Å²) in [5, 5.41) is 18.8. The summed E-state index contributed by atoms with van der Waals surface area (Å²) in [5.74, 6) is 0. The molecule has 0 bridgehead atoms. The molecule has 5 nitrogen and oxygen atoms in total. The number of rotatable bonds is 4. The van der Waals surface area contributed by atoms with Crippen LogP contribution >= 0.6 is 0 Å². The van der Waals surface area contributed by atoms with Gasteiger partial charge in [-0.25, -0.2) is 0 Å². The Kier molecular flexibility index (Phi) is 4.63. The summed E-state index contributed by atoms with van der Waals surface area (Å²) in [4.78, 5) is 4.73.